The lowest BCUT2D eigenvalue weighted by Gasteiger charge is -2.15. The molecule has 0 atom stereocenters. The summed E-state index contributed by atoms with van der Waals surface area (Å²) in [5.41, 5.74) is 13.2. The number of fused-ring (bicyclic) bond motifs is 6. The lowest BCUT2D eigenvalue weighted by molar-refractivity contribution is 0.595. The zero-order chi connectivity index (χ0) is 32.2. The second-order valence-corrected chi connectivity index (χ2v) is 14.5. The van der Waals surface area contributed by atoms with Crippen molar-refractivity contribution in [2.75, 3.05) is 0 Å². The molecule has 1 aliphatic rings. The standard InChI is InChI=1S/C43H29NO3S/c45-48(46)26-33-17-15-30(31-19-20-43-39(23-31)36-13-7-8-14-42(36)47-43)21-37(33)38-22-32(16-18-34(38)27-48)35-24-40(28-9-3-1-4-10-28)44-41(25-35)29-11-5-2-6-12-29/h1-25H,26-27H2. The van der Waals surface area contributed by atoms with Gasteiger partial charge < -0.3 is 4.42 Å². The van der Waals surface area contributed by atoms with Crippen LogP contribution in [0.3, 0.4) is 0 Å². The summed E-state index contributed by atoms with van der Waals surface area (Å²) < 4.78 is 32.7. The molecule has 1 aliphatic heterocycles. The van der Waals surface area contributed by atoms with Crippen molar-refractivity contribution in [1.82, 2.24) is 4.98 Å². The van der Waals surface area contributed by atoms with E-state index in [1.54, 1.807) is 0 Å². The first-order valence-electron chi connectivity index (χ1n) is 16.0. The van der Waals surface area contributed by atoms with Crippen molar-refractivity contribution in [1.29, 1.82) is 0 Å². The molecule has 6 aromatic carbocycles. The molecule has 0 amide bonds. The first-order chi connectivity index (χ1) is 23.5. The second kappa shape index (κ2) is 11.2. The van der Waals surface area contributed by atoms with E-state index in [-0.39, 0.29) is 11.5 Å². The van der Waals surface area contributed by atoms with Crippen LogP contribution in [0.15, 0.2) is 156 Å². The van der Waals surface area contributed by atoms with Gasteiger partial charge in [-0.3, -0.25) is 0 Å². The van der Waals surface area contributed by atoms with Crippen LogP contribution in [0.1, 0.15) is 11.1 Å². The Morgan fingerprint density at radius 2 is 0.938 bits per heavy atom. The minimum Gasteiger partial charge on any atom is -0.456 e. The van der Waals surface area contributed by atoms with E-state index in [2.05, 4.69) is 66.7 Å². The normalized spacial score (nSPS) is 13.6. The van der Waals surface area contributed by atoms with E-state index in [1.165, 1.54) is 0 Å². The van der Waals surface area contributed by atoms with Gasteiger partial charge in [-0.05, 0) is 87.0 Å². The Balaban J connectivity index is 1.21. The van der Waals surface area contributed by atoms with Gasteiger partial charge in [0, 0.05) is 21.9 Å². The SMILES string of the molecule is O=S1(=O)Cc2ccc(-c3cc(-c4ccccc4)nc(-c4ccccc4)c3)cc2-c2cc(-c3ccc4oc5ccccc5c4c3)ccc2C1. The van der Waals surface area contributed by atoms with Crippen molar-refractivity contribution in [2.24, 2.45) is 0 Å². The molecule has 0 saturated carbocycles. The van der Waals surface area contributed by atoms with Gasteiger partial charge in [0.05, 0.1) is 22.9 Å². The quantitative estimate of drug-likeness (QED) is 0.192. The van der Waals surface area contributed by atoms with Crippen molar-refractivity contribution in [3.05, 3.63) is 163 Å². The number of hydrogen-bond acceptors (Lipinski definition) is 4. The third-order valence-corrected chi connectivity index (χ3v) is 10.8. The molecule has 0 N–H and O–H groups in total. The van der Waals surface area contributed by atoms with Gasteiger partial charge in [0.1, 0.15) is 11.2 Å². The van der Waals surface area contributed by atoms with Gasteiger partial charge in [-0.2, -0.15) is 0 Å². The summed E-state index contributed by atoms with van der Waals surface area (Å²) in [7, 11) is -3.35. The molecule has 8 aromatic rings. The van der Waals surface area contributed by atoms with Crippen LogP contribution < -0.4 is 0 Å². The van der Waals surface area contributed by atoms with Crippen molar-refractivity contribution in [2.45, 2.75) is 11.5 Å². The van der Waals surface area contributed by atoms with E-state index < -0.39 is 9.84 Å². The molecule has 48 heavy (non-hydrogen) atoms. The van der Waals surface area contributed by atoms with E-state index in [9.17, 15) is 8.42 Å². The fourth-order valence-electron chi connectivity index (χ4n) is 6.91. The van der Waals surface area contributed by atoms with Crippen LogP contribution in [0.2, 0.25) is 0 Å². The van der Waals surface area contributed by atoms with E-state index in [0.29, 0.717) is 0 Å². The van der Waals surface area contributed by atoms with Crippen molar-refractivity contribution in [3.63, 3.8) is 0 Å². The molecular formula is C43H29NO3S. The smallest absolute Gasteiger partial charge is 0.158 e. The molecular weight excluding hydrogens is 611 g/mol. The molecule has 2 aromatic heterocycles. The molecule has 0 saturated heterocycles. The van der Waals surface area contributed by atoms with Crippen molar-refractivity contribution < 1.29 is 12.8 Å². The van der Waals surface area contributed by atoms with Gasteiger partial charge in [-0.1, -0.05) is 109 Å². The maximum absolute atomic E-state index is 13.3. The van der Waals surface area contributed by atoms with Gasteiger partial charge in [0.2, 0.25) is 0 Å². The van der Waals surface area contributed by atoms with E-state index in [0.717, 1.165) is 89.0 Å². The van der Waals surface area contributed by atoms with Crippen LogP contribution in [0, 0.1) is 0 Å². The van der Waals surface area contributed by atoms with Gasteiger partial charge in [-0.15, -0.1) is 0 Å². The Morgan fingerprint density at radius 3 is 1.56 bits per heavy atom. The van der Waals surface area contributed by atoms with E-state index >= 15 is 0 Å². The number of aromatic nitrogens is 1. The van der Waals surface area contributed by atoms with Gasteiger partial charge in [0.15, 0.2) is 9.84 Å². The Kier molecular flexibility index (Phi) is 6.63. The molecule has 230 valence electrons. The zero-order valence-electron chi connectivity index (χ0n) is 25.9. The van der Waals surface area contributed by atoms with E-state index in [1.807, 2.05) is 84.9 Å². The number of hydrogen-bond donors (Lipinski definition) is 0. The molecule has 0 unspecified atom stereocenters. The number of para-hydroxylation sites is 1. The molecule has 5 heteroatoms. The summed E-state index contributed by atoms with van der Waals surface area (Å²) in [5, 5.41) is 2.14. The number of furan rings is 1. The first-order valence-corrected chi connectivity index (χ1v) is 17.8. The largest absolute Gasteiger partial charge is 0.456 e. The van der Waals surface area contributed by atoms with Crippen LogP contribution in [-0.2, 0) is 21.3 Å². The van der Waals surface area contributed by atoms with Crippen molar-refractivity contribution >= 4 is 31.8 Å². The summed E-state index contributed by atoms with van der Waals surface area (Å²) in [6.07, 6.45) is 0. The fourth-order valence-corrected chi connectivity index (χ4v) is 8.46. The molecule has 0 bridgehead atoms. The highest BCUT2D eigenvalue weighted by molar-refractivity contribution is 7.89. The molecule has 3 heterocycles. The Morgan fingerprint density at radius 1 is 0.438 bits per heavy atom. The van der Waals surface area contributed by atoms with Crippen LogP contribution in [0.25, 0.3) is 77.8 Å². The lowest BCUT2D eigenvalue weighted by atomic mass is 9.90. The summed E-state index contributed by atoms with van der Waals surface area (Å²) in [4.78, 5) is 5.05. The average molecular weight is 640 g/mol. The predicted molar refractivity (Wildman–Crippen MR) is 195 cm³/mol. The molecule has 0 fully saturated rings. The molecule has 0 aliphatic carbocycles. The number of nitrogens with zero attached hydrogens (tertiary/aromatic N) is 1. The zero-order valence-corrected chi connectivity index (χ0v) is 26.7. The highest BCUT2D eigenvalue weighted by Crippen LogP contribution is 2.41. The summed E-state index contributed by atoms with van der Waals surface area (Å²) >= 11 is 0. The van der Waals surface area contributed by atoms with Gasteiger partial charge >= 0.3 is 0 Å². The molecule has 0 radical (unpaired) electrons. The maximum Gasteiger partial charge on any atom is 0.158 e. The van der Waals surface area contributed by atoms with Crippen LogP contribution in [0.5, 0.6) is 0 Å². The third kappa shape index (κ3) is 5.09. The predicted octanol–water partition coefficient (Wildman–Crippen LogP) is 10.7. The molecule has 4 nitrogen and oxygen atoms in total. The number of sulfone groups is 1. The topological polar surface area (TPSA) is 60.2 Å². The Bertz CT molecular complexity index is 2570. The summed E-state index contributed by atoms with van der Waals surface area (Å²) in [5.74, 6) is 0.00404. The molecule has 0 spiro atoms. The lowest BCUT2D eigenvalue weighted by Crippen LogP contribution is -2.05. The van der Waals surface area contributed by atoms with Crippen molar-refractivity contribution in [3.8, 4) is 55.9 Å². The van der Waals surface area contributed by atoms with Gasteiger partial charge in [0.25, 0.3) is 0 Å². The second-order valence-electron chi connectivity index (χ2n) is 12.4. The monoisotopic (exact) mass is 639 g/mol. The minimum absolute atomic E-state index is 0.000467. The first kappa shape index (κ1) is 28.4. The summed E-state index contributed by atoms with van der Waals surface area (Å²) in [6, 6.07) is 51.3. The van der Waals surface area contributed by atoms with Crippen LogP contribution in [-0.4, -0.2) is 13.4 Å². The highest BCUT2D eigenvalue weighted by Gasteiger charge is 2.25. The Labute approximate surface area is 278 Å². The minimum atomic E-state index is -3.35. The van der Waals surface area contributed by atoms with E-state index in [4.69, 9.17) is 9.40 Å². The maximum atomic E-state index is 13.3. The number of rotatable bonds is 4. The van der Waals surface area contributed by atoms with Crippen LogP contribution >= 0.6 is 0 Å². The number of benzene rings is 6. The highest BCUT2D eigenvalue weighted by atomic mass is 32.2. The molecule has 9 rings (SSSR count). The number of pyridine rings is 1. The Hall–Kier alpha value is -5.78. The third-order valence-electron chi connectivity index (χ3n) is 9.27. The van der Waals surface area contributed by atoms with Crippen LogP contribution in [0.4, 0.5) is 0 Å². The summed E-state index contributed by atoms with van der Waals surface area (Å²) in [6.45, 7) is 0. The van der Waals surface area contributed by atoms with Gasteiger partial charge in [-0.25, -0.2) is 13.4 Å². The fraction of sp³-hybridized carbons (Fsp3) is 0.0465. The average Bonchev–Trinajstić information content (AvgIpc) is 3.45.